The van der Waals surface area contributed by atoms with Gasteiger partial charge in [-0.05, 0) is 69.2 Å². The van der Waals surface area contributed by atoms with E-state index in [-0.39, 0.29) is 12.5 Å². The van der Waals surface area contributed by atoms with Gasteiger partial charge in [0, 0.05) is 26.7 Å². The summed E-state index contributed by atoms with van der Waals surface area (Å²) in [6.45, 7) is 5.87. The summed E-state index contributed by atoms with van der Waals surface area (Å²) in [6, 6.07) is 18.9. The fraction of sp³-hybridized carbons (Fsp3) is 0.345. The maximum atomic E-state index is 14.2. The first-order valence-corrected chi connectivity index (χ1v) is 12.8. The normalized spacial score (nSPS) is 20.0. The molecule has 3 N–H and O–H groups in total. The molecule has 37 heavy (non-hydrogen) atoms. The van der Waals surface area contributed by atoms with Crippen molar-refractivity contribution in [1.82, 2.24) is 4.90 Å². The molecular weight excluding hydrogens is 513 g/mol. The Bertz CT molecular complexity index is 1290. The van der Waals surface area contributed by atoms with Gasteiger partial charge in [-0.3, -0.25) is 9.69 Å². The van der Waals surface area contributed by atoms with Gasteiger partial charge in [0.2, 0.25) is 0 Å². The standard InChI is InChI=1S/C29H31Cl2NO5/c1-18(19-5-10-22(30)11-6-19)32-26(34)24-15-21(27(2,3)35)9-14-25(24)29(32,37-17-28(4,36)16-33)20-7-12-23(31)13-8-20/h5-15,18,33,35-36H,16-17H2,1-4H3/t18?,28?,29-/m1/s1. The van der Waals surface area contributed by atoms with Crippen LogP contribution in [0.4, 0.5) is 0 Å². The summed E-state index contributed by atoms with van der Waals surface area (Å²) in [5.41, 5.74) is -1.25. The molecule has 0 bridgehead atoms. The van der Waals surface area contributed by atoms with E-state index in [0.29, 0.717) is 32.3 Å². The molecule has 0 saturated carbocycles. The smallest absolute Gasteiger partial charge is 0.257 e. The molecule has 3 aromatic carbocycles. The van der Waals surface area contributed by atoms with E-state index in [4.69, 9.17) is 27.9 Å². The third kappa shape index (κ3) is 5.15. The first kappa shape index (κ1) is 27.6. The molecule has 1 aliphatic heterocycles. The Hall–Kier alpha value is -2.45. The van der Waals surface area contributed by atoms with Crippen LogP contribution in [-0.4, -0.2) is 44.9 Å². The highest BCUT2D eigenvalue weighted by Gasteiger charge is 2.55. The number of rotatable bonds is 8. The molecule has 0 saturated heterocycles. The molecule has 196 valence electrons. The number of carbonyl (C=O) groups is 1. The predicted octanol–water partition coefficient (Wildman–Crippen LogP) is 5.40. The molecule has 1 aliphatic rings. The fourth-order valence-corrected chi connectivity index (χ4v) is 4.90. The summed E-state index contributed by atoms with van der Waals surface area (Å²) in [6.07, 6.45) is 0. The zero-order chi connectivity index (χ0) is 27.2. The van der Waals surface area contributed by atoms with Crippen LogP contribution in [0.1, 0.15) is 66.3 Å². The summed E-state index contributed by atoms with van der Waals surface area (Å²) >= 11 is 12.3. The van der Waals surface area contributed by atoms with E-state index in [9.17, 15) is 20.1 Å². The molecule has 0 aliphatic carbocycles. The molecule has 2 unspecified atom stereocenters. The Morgan fingerprint density at radius 1 is 0.946 bits per heavy atom. The topological polar surface area (TPSA) is 90.2 Å². The Morgan fingerprint density at radius 2 is 1.51 bits per heavy atom. The third-order valence-corrected chi connectivity index (χ3v) is 7.29. The van der Waals surface area contributed by atoms with Crippen LogP contribution in [0.3, 0.4) is 0 Å². The van der Waals surface area contributed by atoms with Crippen molar-refractivity contribution in [3.05, 3.63) is 105 Å². The number of amides is 1. The van der Waals surface area contributed by atoms with E-state index in [1.807, 2.05) is 19.1 Å². The van der Waals surface area contributed by atoms with E-state index >= 15 is 0 Å². The molecule has 3 atom stereocenters. The van der Waals surface area contributed by atoms with Gasteiger partial charge in [-0.1, -0.05) is 59.6 Å². The number of nitrogens with zero attached hydrogens (tertiary/aromatic N) is 1. The Kier molecular flexibility index (Phi) is 7.47. The van der Waals surface area contributed by atoms with E-state index in [1.165, 1.54) is 6.92 Å². The molecule has 4 rings (SSSR count). The van der Waals surface area contributed by atoms with Gasteiger partial charge in [0.25, 0.3) is 5.91 Å². The van der Waals surface area contributed by atoms with Gasteiger partial charge in [-0.15, -0.1) is 0 Å². The highest BCUT2D eigenvalue weighted by atomic mass is 35.5. The van der Waals surface area contributed by atoms with Crippen molar-refractivity contribution >= 4 is 29.1 Å². The van der Waals surface area contributed by atoms with Crippen molar-refractivity contribution in [2.75, 3.05) is 13.2 Å². The van der Waals surface area contributed by atoms with Gasteiger partial charge in [-0.25, -0.2) is 0 Å². The minimum atomic E-state index is -1.56. The van der Waals surface area contributed by atoms with E-state index in [2.05, 4.69) is 0 Å². The zero-order valence-electron chi connectivity index (χ0n) is 21.2. The average molecular weight is 544 g/mol. The van der Waals surface area contributed by atoms with Crippen LogP contribution in [0, 0.1) is 0 Å². The Balaban J connectivity index is 2.00. The van der Waals surface area contributed by atoms with Crippen molar-refractivity contribution in [3.63, 3.8) is 0 Å². The van der Waals surface area contributed by atoms with Crippen LogP contribution in [0.15, 0.2) is 66.7 Å². The summed E-state index contributed by atoms with van der Waals surface area (Å²) in [5, 5.41) is 32.2. The van der Waals surface area contributed by atoms with Crippen LogP contribution in [0.5, 0.6) is 0 Å². The van der Waals surface area contributed by atoms with Crippen molar-refractivity contribution in [1.29, 1.82) is 0 Å². The van der Waals surface area contributed by atoms with Crippen molar-refractivity contribution in [2.24, 2.45) is 0 Å². The van der Waals surface area contributed by atoms with E-state index in [0.717, 1.165) is 5.56 Å². The monoisotopic (exact) mass is 543 g/mol. The third-order valence-electron chi connectivity index (χ3n) is 6.79. The van der Waals surface area contributed by atoms with Gasteiger partial charge < -0.3 is 20.1 Å². The average Bonchev–Trinajstić information content (AvgIpc) is 3.11. The van der Waals surface area contributed by atoms with Gasteiger partial charge in [0.15, 0.2) is 5.72 Å². The number of aliphatic hydroxyl groups is 3. The maximum absolute atomic E-state index is 14.2. The number of fused-ring (bicyclic) bond motifs is 1. The summed E-state index contributed by atoms with van der Waals surface area (Å²) in [5.74, 6) is -0.304. The number of carbonyl (C=O) groups excluding carboxylic acids is 1. The summed E-state index contributed by atoms with van der Waals surface area (Å²) in [4.78, 5) is 15.8. The molecule has 0 aromatic heterocycles. The molecule has 0 radical (unpaired) electrons. The highest BCUT2D eigenvalue weighted by molar-refractivity contribution is 6.30. The lowest BCUT2D eigenvalue weighted by Gasteiger charge is -2.44. The second kappa shape index (κ2) is 10.0. The first-order valence-electron chi connectivity index (χ1n) is 12.0. The second-order valence-electron chi connectivity index (χ2n) is 10.3. The van der Waals surface area contributed by atoms with Gasteiger partial charge >= 0.3 is 0 Å². The number of aliphatic hydroxyl groups excluding tert-OH is 1. The zero-order valence-corrected chi connectivity index (χ0v) is 22.7. The van der Waals surface area contributed by atoms with Crippen LogP contribution in [-0.2, 0) is 16.1 Å². The lowest BCUT2D eigenvalue weighted by atomic mass is 9.88. The molecule has 0 spiro atoms. The lowest BCUT2D eigenvalue weighted by molar-refractivity contribution is -0.168. The summed E-state index contributed by atoms with van der Waals surface area (Å²) in [7, 11) is 0. The largest absolute Gasteiger partial charge is 0.393 e. The van der Waals surface area contributed by atoms with E-state index < -0.39 is 29.6 Å². The molecule has 1 heterocycles. The number of hydrogen-bond donors (Lipinski definition) is 3. The van der Waals surface area contributed by atoms with Crippen LogP contribution >= 0.6 is 23.2 Å². The van der Waals surface area contributed by atoms with Crippen LogP contribution in [0.25, 0.3) is 0 Å². The Morgan fingerprint density at radius 3 is 2.05 bits per heavy atom. The first-order chi connectivity index (χ1) is 17.3. The second-order valence-corrected chi connectivity index (χ2v) is 11.2. The minimum Gasteiger partial charge on any atom is -0.393 e. The van der Waals surface area contributed by atoms with Crippen molar-refractivity contribution in [2.45, 2.75) is 50.7 Å². The van der Waals surface area contributed by atoms with Crippen LogP contribution < -0.4 is 0 Å². The van der Waals surface area contributed by atoms with Gasteiger partial charge in [0.05, 0.1) is 24.9 Å². The molecule has 3 aromatic rings. The molecule has 1 amide bonds. The van der Waals surface area contributed by atoms with Gasteiger partial charge in [-0.2, -0.15) is 0 Å². The fourth-order valence-electron chi connectivity index (χ4n) is 4.65. The highest BCUT2D eigenvalue weighted by Crippen LogP contribution is 2.50. The van der Waals surface area contributed by atoms with Crippen molar-refractivity contribution < 1.29 is 24.9 Å². The lowest BCUT2D eigenvalue weighted by Crippen LogP contribution is -2.51. The molecular formula is C29H31Cl2NO5. The number of benzene rings is 3. The molecule has 6 nitrogen and oxygen atoms in total. The SMILES string of the molecule is CC(c1ccc(Cl)cc1)N1C(=O)c2cc(C(C)(C)O)ccc2[C@]1(OCC(C)(O)CO)c1ccc(Cl)cc1. The predicted molar refractivity (Wildman–Crippen MR) is 144 cm³/mol. The number of halogens is 2. The molecule has 8 heteroatoms. The Labute approximate surface area is 227 Å². The number of ether oxygens (including phenoxy) is 1. The molecule has 0 fully saturated rings. The van der Waals surface area contributed by atoms with Gasteiger partial charge in [0.1, 0.15) is 5.60 Å². The maximum Gasteiger partial charge on any atom is 0.257 e. The number of hydrogen-bond acceptors (Lipinski definition) is 5. The minimum absolute atomic E-state index is 0.268. The quantitative estimate of drug-likeness (QED) is 0.354. The van der Waals surface area contributed by atoms with E-state index in [1.54, 1.807) is 73.3 Å². The van der Waals surface area contributed by atoms with Crippen molar-refractivity contribution in [3.8, 4) is 0 Å². The van der Waals surface area contributed by atoms with Crippen LogP contribution in [0.2, 0.25) is 10.0 Å². The summed E-state index contributed by atoms with van der Waals surface area (Å²) < 4.78 is 6.54.